The minimum absolute atomic E-state index is 0. The molecule has 4 aromatic rings. The van der Waals surface area contributed by atoms with Crippen LogP contribution in [-0.4, -0.2) is 5.49 Å². The molecule has 0 N–H and O–H groups in total. The molecule has 0 nitrogen and oxygen atoms in total. The van der Waals surface area contributed by atoms with E-state index in [2.05, 4.69) is 121 Å². The van der Waals surface area contributed by atoms with E-state index >= 15 is 0 Å². The van der Waals surface area contributed by atoms with Crippen LogP contribution in [0.3, 0.4) is 0 Å². The topological polar surface area (TPSA) is 0 Å². The molecular formula is C26H24ClPS. The van der Waals surface area contributed by atoms with E-state index in [9.17, 15) is 0 Å². The minimum Gasteiger partial charge on any atom is -1.00 e. The van der Waals surface area contributed by atoms with Crippen molar-refractivity contribution in [1.82, 2.24) is 0 Å². The summed E-state index contributed by atoms with van der Waals surface area (Å²) >= 11 is 2.05. The molecule has 0 radical (unpaired) electrons. The van der Waals surface area contributed by atoms with Crippen molar-refractivity contribution >= 4 is 34.9 Å². The molecule has 0 bridgehead atoms. The van der Waals surface area contributed by atoms with Gasteiger partial charge in [-0.05, 0) is 42.0 Å². The molecule has 29 heavy (non-hydrogen) atoms. The van der Waals surface area contributed by atoms with Gasteiger partial charge in [-0.2, -0.15) is 0 Å². The van der Waals surface area contributed by atoms with Crippen molar-refractivity contribution in [3.8, 4) is 0 Å². The number of rotatable bonds is 7. The molecule has 0 atom stereocenters. The molecule has 146 valence electrons. The molecule has 0 aliphatic carbocycles. The van der Waals surface area contributed by atoms with Crippen LogP contribution < -0.4 is 28.3 Å². The smallest absolute Gasteiger partial charge is 0.122 e. The van der Waals surface area contributed by atoms with Crippen LogP contribution in [0.1, 0.15) is 5.56 Å². The summed E-state index contributed by atoms with van der Waals surface area (Å²) in [6.45, 7) is 0. The summed E-state index contributed by atoms with van der Waals surface area (Å²) in [7, 11) is -1.73. The molecule has 0 aliphatic rings. The van der Waals surface area contributed by atoms with E-state index < -0.39 is 7.26 Å². The molecule has 0 amide bonds. The van der Waals surface area contributed by atoms with Crippen LogP contribution in [0.25, 0.3) is 0 Å². The summed E-state index contributed by atoms with van der Waals surface area (Å²) in [5, 5.41) is 4.36. The van der Waals surface area contributed by atoms with Crippen LogP contribution >= 0.6 is 19.0 Å². The molecule has 0 spiro atoms. The van der Waals surface area contributed by atoms with Gasteiger partial charge < -0.3 is 12.4 Å². The van der Waals surface area contributed by atoms with E-state index in [-0.39, 0.29) is 12.4 Å². The summed E-state index contributed by atoms with van der Waals surface area (Å²) in [4.78, 5) is 0. The fraction of sp³-hybridized carbons (Fsp3) is 0.0769. The van der Waals surface area contributed by atoms with Crippen molar-refractivity contribution in [3.05, 3.63) is 127 Å². The van der Waals surface area contributed by atoms with Gasteiger partial charge in [-0.3, -0.25) is 0 Å². The van der Waals surface area contributed by atoms with Gasteiger partial charge in [0.15, 0.2) is 0 Å². The Morgan fingerprint density at radius 2 is 0.828 bits per heavy atom. The van der Waals surface area contributed by atoms with Crippen LogP contribution in [0.5, 0.6) is 0 Å². The van der Waals surface area contributed by atoms with Crippen molar-refractivity contribution in [3.63, 3.8) is 0 Å². The lowest BCUT2D eigenvalue weighted by molar-refractivity contribution is -0.00000540. The lowest BCUT2D eigenvalue weighted by Crippen LogP contribution is -3.00. The maximum atomic E-state index is 2.32. The van der Waals surface area contributed by atoms with Gasteiger partial charge in [0.25, 0.3) is 0 Å². The minimum atomic E-state index is -1.73. The largest absolute Gasteiger partial charge is 1.00 e. The van der Waals surface area contributed by atoms with E-state index in [0.29, 0.717) is 0 Å². The normalized spacial score (nSPS) is 10.9. The third-order valence-corrected chi connectivity index (χ3v) is 11.3. The summed E-state index contributed by atoms with van der Waals surface area (Å²) < 4.78 is 0. The fourth-order valence-electron chi connectivity index (χ4n) is 3.59. The first-order valence-corrected chi connectivity index (χ1v) is 12.7. The third kappa shape index (κ3) is 4.93. The zero-order valence-corrected chi connectivity index (χ0v) is 18.7. The summed E-state index contributed by atoms with van der Waals surface area (Å²) in [6.07, 6.45) is 0. The maximum Gasteiger partial charge on any atom is 0.122 e. The first kappa shape index (κ1) is 21.7. The van der Waals surface area contributed by atoms with Crippen molar-refractivity contribution in [2.45, 2.75) is 5.75 Å². The van der Waals surface area contributed by atoms with Gasteiger partial charge >= 0.3 is 0 Å². The van der Waals surface area contributed by atoms with Crippen LogP contribution in [0.15, 0.2) is 121 Å². The molecule has 4 rings (SSSR count). The number of hydrogen-bond donors (Lipinski definition) is 0. The fourth-order valence-corrected chi connectivity index (χ4v) is 10.2. The molecule has 4 aromatic carbocycles. The van der Waals surface area contributed by atoms with E-state index in [1.807, 2.05) is 11.8 Å². The average molecular weight is 435 g/mol. The maximum absolute atomic E-state index is 2.32. The number of hydrogen-bond acceptors (Lipinski definition) is 1. The van der Waals surface area contributed by atoms with Gasteiger partial charge in [0, 0.05) is 5.75 Å². The van der Waals surface area contributed by atoms with Crippen molar-refractivity contribution < 1.29 is 12.4 Å². The molecule has 0 heterocycles. The summed E-state index contributed by atoms with van der Waals surface area (Å²) in [5.41, 5.74) is 2.49. The first-order valence-electron chi connectivity index (χ1n) is 9.56. The molecule has 0 fully saturated rings. The van der Waals surface area contributed by atoms with E-state index in [4.69, 9.17) is 0 Å². The second-order valence-electron chi connectivity index (χ2n) is 6.78. The third-order valence-electron chi connectivity index (χ3n) is 4.99. The molecular weight excluding hydrogens is 411 g/mol. The Kier molecular flexibility index (Phi) is 7.95. The highest BCUT2D eigenvalue weighted by Crippen LogP contribution is 2.57. The Hall–Kier alpha value is -2.05. The van der Waals surface area contributed by atoms with Crippen molar-refractivity contribution in [1.29, 1.82) is 0 Å². The van der Waals surface area contributed by atoms with Crippen LogP contribution in [0.4, 0.5) is 0 Å². The highest BCUT2D eigenvalue weighted by Gasteiger charge is 2.45. The van der Waals surface area contributed by atoms with E-state index in [1.165, 1.54) is 21.5 Å². The Morgan fingerprint density at radius 1 is 0.483 bits per heavy atom. The highest BCUT2D eigenvalue weighted by atomic mass is 35.5. The number of benzene rings is 4. The van der Waals surface area contributed by atoms with Gasteiger partial charge in [-0.1, -0.05) is 84.9 Å². The molecule has 0 aromatic heterocycles. The SMILES string of the molecule is [Cl-].c1ccc(CSC[P+](c2ccccc2)(c2ccccc2)c2ccccc2)cc1. The molecule has 3 heteroatoms. The van der Waals surface area contributed by atoms with E-state index in [0.717, 1.165) is 11.2 Å². The second-order valence-corrected chi connectivity index (χ2v) is 11.7. The Labute approximate surface area is 185 Å². The van der Waals surface area contributed by atoms with Gasteiger partial charge in [-0.15, -0.1) is 11.8 Å². The van der Waals surface area contributed by atoms with Crippen LogP contribution in [-0.2, 0) is 5.75 Å². The molecule has 0 unspecified atom stereocenters. The van der Waals surface area contributed by atoms with Crippen LogP contribution in [0, 0.1) is 0 Å². The van der Waals surface area contributed by atoms with Gasteiger partial charge in [0.1, 0.15) is 28.7 Å². The van der Waals surface area contributed by atoms with Crippen molar-refractivity contribution in [2.24, 2.45) is 0 Å². The van der Waals surface area contributed by atoms with E-state index in [1.54, 1.807) is 0 Å². The second kappa shape index (κ2) is 10.6. The highest BCUT2D eigenvalue weighted by molar-refractivity contribution is 8.12. The lowest BCUT2D eigenvalue weighted by atomic mass is 10.2. The standard InChI is InChI=1S/C26H24PS.ClH/c1-5-13-23(14-6-1)21-28-22-27(24-15-7-2-8-16-24,25-17-9-3-10-18-25)26-19-11-4-12-20-26;/h1-20H,21-22H2;1H/q+1;/p-1. The summed E-state index contributed by atoms with van der Waals surface area (Å²) in [6, 6.07) is 44.1. The monoisotopic (exact) mass is 434 g/mol. The molecule has 0 saturated heterocycles. The number of halogens is 1. The Morgan fingerprint density at radius 3 is 1.21 bits per heavy atom. The van der Waals surface area contributed by atoms with Gasteiger partial charge in [0.2, 0.25) is 0 Å². The Bertz CT molecular complexity index is 879. The zero-order valence-electron chi connectivity index (χ0n) is 16.2. The van der Waals surface area contributed by atoms with Crippen LogP contribution in [0.2, 0.25) is 0 Å². The molecule has 0 aliphatic heterocycles. The molecule has 0 saturated carbocycles. The average Bonchev–Trinajstić information content (AvgIpc) is 2.79. The predicted octanol–water partition coefficient (Wildman–Crippen LogP) is 2.88. The van der Waals surface area contributed by atoms with Gasteiger partial charge in [0.05, 0.1) is 0 Å². The predicted molar refractivity (Wildman–Crippen MR) is 128 cm³/mol. The van der Waals surface area contributed by atoms with Gasteiger partial charge in [-0.25, -0.2) is 0 Å². The summed E-state index contributed by atoms with van der Waals surface area (Å²) in [5.74, 6) is 1.04. The van der Waals surface area contributed by atoms with Crippen molar-refractivity contribution in [2.75, 3.05) is 5.49 Å². The zero-order chi connectivity index (χ0) is 19.1. The lowest BCUT2D eigenvalue weighted by Gasteiger charge is -2.27. The number of thioether (sulfide) groups is 1. The first-order chi connectivity index (χ1) is 13.9. The Balaban J connectivity index is 0.00000240. The quantitative estimate of drug-likeness (QED) is 0.403.